The second-order valence-corrected chi connectivity index (χ2v) is 13.1. The molecule has 1 saturated carbocycles. The quantitative estimate of drug-likeness (QED) is 0.165. The first-order chi connectivity index (χ1) is 17.7. The lowest BCUT2D eigenvalue weighted by Gasteiger charge is -2.66. The molecule has 7 atom stereocenters. The fraction of sp³-hybridized carbons (Fsp3) is 0.800. The van der Waals surface area contributed by atoms with Crippen LogP contribution in [0.2, 0.25) is 11.6 Å². The summed E-state index contributed by atoms with van der Waals surface area (Å²) in [6.07, 6.45) is 11.6. The zero-order valence-corrected chi connectivity index (χ0v) is 24.8. The lowest BCUT2D eigenvalue weighted by molar-refractivity contribution is -0.231. The Hall–Kier alpha value is -1.37. The number of carbonyl (C=O) groups is 2. The number of ether oxygens (including phenoxy) is 1. The summed E-state index contributed by atoms with van der Waals surface area (Å²) in [7, 11) is 3.99. The average molecular weight is 528 g/mol. The summed E-state index contributed by atoms with van der Waals surface area (Å²) in [5, 5.41) is 33.7. The van der Waals surface area contributed by atoms with Gasteiger partial charge in [0.15, 0.2) is 5.78 Å². The molecule has 0 aliphatic heterocycles. The fourth-order valence-electron chi connectivity index (χ4n) is 8.16. The van der Waals surface area contributed by atoms with E-state index < -0.39 is 34.0 Å². The van der Waals surface area contributed by atoms with Gasteiger partial charge in [-0.25, -0.2) is 0 Å². The minimum Gasteiger partial charge on any atom is -0.459 e. The first-order valence-electron chi connectivity index (χ1n) is 14.9. The van der Waals surface area contributed by atoms with Crippen molar-refractivity contribution < 1.29 is 29.6 Å². The highest BCUT2D eigenvalue weighted by Gasteiger charge is 2.70. The third kappa shape index (κ3) is 4.99. The molecule has 0 aromatic heterocycles. The number of allylic oxidation sites excluding steroid dienone is 1. The molecule has 3 rings (SSSR count). The molecule has 38 heavy (non-hydrogen) atoms. The van der Waals surface area contributed by atoms with Gasteiger partial charge in [-0.1, -0.05) is 78.4 Å². The third-order valence-corrected chi connectivity index (χ3v) is 10.7. The van der Waals surface area contributed by atoms with Gasteiger partial charge >= 0.3 is 5.97 Å². The number of esters is 1. The molecule has 6 nitrogen and oxygen atoms in total. The Balaban J connectivity index is 1.94. The number of hydrogen-bond donors (Lipinski definition) is 3. The van der Waals surface area contributed by atoms with Crippen molar-refractivity contribution in [1.29, 1.82) is 0 Å². The topological polar surface area (TPSA) is 104 Å². The van der Waals surface area contributed by atoms with Crippen molar-refractivity contribution in [1.82, 2.24) is 0 Å². The van der Waals surface area contributed by atoms with Gasteiger partial charge in [0.1, 0.15) is 33.0 Å². The van der Waals surface area contributed by atoms with E-state index >= 15 is 0 Å². The number of rotatable bonds is 11. The van der Waals surface area contributed by atoms with Crippen LogP contribution in [0.1, 0.15) is 92.4 Å². The number of aliphatic hydroxyl groups excluding tert-OH is 1. The Morgan fingerprint density at radius 1 is 1.13 bits per heavy atom. The summed E-state index contributed by atoms with van der Waals surface area (Å²) in [6, 6.07) is 0. The second kappa shape index (κ2) is 11.6. The maximum atomic E-state index is 13.2. The Morgan fingerprint density at radius 2 is 1.74 bits per heavy atom. The number of hydrogen-bond acceptors (Lipinski definition) is 6. The van der Waals surface area contributed by atoms with Crippen LogP contribution < -0.4 is 0 Å². The molecule has 3 aliphatic carbocycles. The van der Waals surface area contributed by atoms with Crippen molar-refractivity contribution in [2.24, 2.45) is 23.2 Å². The monoisotopic (exact) mass is 528 g/mol. The molecule has 5 unspecified atom stereocenters. The van der Waals surface area contributed by atoms with Crippen LogP contribution in [0.4, 0.5) is 0 Å². The number of carbonyl (C=O) groups excluding carboxylic acids is 2. The van der Waals surface area contributed by atoms with Crippen LogP contribution in [0.5, 0.6) is 0 Å². The Bertz CT molecular complexity index is 960. The van der Waals surface area contributed by atoms with Crippen molar-refractivity contribution in [2.75, 3.05) is 6.61 Å². The van der Waals surface area contributed by atoms with Gasteiger partial charge in [0.2, 0.25) is 0 Å². The summed E-state index contributed by atoms with van der Waals surface area (Å²) < 4.78 is 6.17. The number of unbranched alkanes of at least 4 members (excludes halogenated alkanes) is 6. The normalized spacial score (nSPS) is 38.1. The first kappa shape index (κ1) is 31.2. The van der Waals surface area contributed by atoms with Crippen LogP contribution in [-0.4, -0.2) is 66.7 Å². The molecule has 0 radical (unpaired) electrons. The number of fused-ring (bicyclic) bond motifs is 3. The Morgan fingerprint density at radius 3 is 2.32 bits per heavy atom. The summed E-state index contributed by atoms with van der Waals surface area (Å²) in [5.74, 6) is -1.75. The summed E-state index contributed by atoms with van der Waals surface area (Å²) >= 11 is 0. The van der Waals surface area contributed by atoms with Gasteiger partial charge in [0.05, 0.1) is 6.61 Å². The van der Waals surface area contributed by atoms with Gasteiger partial charge in [-0.3, -0.25) is 9.59 Å². The average Bonchev–Trinajstić information content (AvgIpc) is 3.01. The second-order valence-electron chi connectivity index (χ2n) is 13.1. The molecule has 1 fully saturated rings. The van der Waals surface area contributed by atoms with E-state index in [9.17, 15) is 24.9 Å². The molecular weight excluding hydrogens is 478 g/mol. The Kier molecular flexibility index (Phi) is 9.53. The van der Waals surface area contributed by atoms with Crippen molar-refractivity contribution >= 4 is 27.4 Å². The smallest absolute Gasteiger partial charge is 0.306 e. The zero-order chi connectivity index (χ0) is 28.5. The van der Waals surface area contributed by atoms with Gasteiger partial charge in [0, 0.05) is 18.8 Å². The van der Waals surface area contributed by atoms with Gasteiger partial charge in [-0.15, -0.1) is 0 Å². The molecule has 0 aromatic carbocycles. The lowest BCUT2D eigenvalue weighted by Crippen LogP contribution is -2.69. The zero-order valence-electron chi connectivity index (χ0n) is 24.8. The van der Waals surface area contributed by atoms with Crippen molar-refractivity contribution in [3.63, 3.8) is 0 Å². The molecule has 3 N–H and O–H groups in total. The number of aliphatic hydroxyl groups is 3. The third-order valence-electron chi connectivity index (χ3n) is 10.7. The van der Waals surface area contributed by atoms with Crippen LogP contribution in [0.3, 0.4) is 0 Å². The summed E-state index contributed by atoms with van der Waals surface area (Å²) in [4.78, 5) is 26.3. The van der Waals surface area contributed by atoms with Gasteiger partial charge in [-0.05, 0) is 53.4 Å². The molecule has 0 bridgehead atoms. The highest BCUT2D eigenvalue weighted by molar-refractivity contribution is 6.19. The Labute approximate surface area is 231 Å². The highest BCUT2D eigenvalue weighted by atomic mass is 16.6. The van der Waals surface area contributed by atoms with Crippen molar-refractivity contribution in [3.8, 4) is 0 Å². The molecule has 0 spiro atoms. The number of ketones is 1. The van der Waals surface area contributed by atoms with Gasteiger partial charge in [-0.2, -0.15) is 0 Å². The van der Waals surface area contributed by atoms with E-state index in [4.69, 9.17) is 4.74 Å². The molecule has 0 saturated heterocycles. The highest BCUT2D eigenvalue weighted by Crippen LogP contribution is 2.70. The fourth-order valence-corrected chi connectivity index (χ4v) is 8.16. The summed E-state index contributed by atoms with van der Waals surface area (Å²) in [5.41, 5.74) is -2.66. The minimum absolute atomic E-state index is 0.0585. The number of Topliss-reactive ketones (excluding diaryl/α,β-unsaturated/α-hetero) is 1. The van der Waals surface area contributed by atoms with E-state index in [1.54, 1.807) is 6.92 Å². The predicted molar refractivity (Wildman–Crippen MR) is 155 cm³/mol. The maximum Gasteiger partial charge on any atom is 0.306 e. The molecule has 0 aromatic rings. The van der Waals surface area contributed by atoms with E-state index in [0.717, 1.165) is 19.3 Å². The van der Waals surface area contributed by atoms with Crippen LogP contribution in [0.25, 0.3) is 0 Å². The molecule has 0 amide bonds. The van der Waals surface area contributed by atoms with Crippen molar-refractivity contribution in [3.05, 3.63) is 23.3 Å². The van der Waals surface area contributed by atoms with E-state index in [1.807, 2.05) is 40.8 Å². The predicted octanol–water partition coefficient (Wildman–Crippen LogP) is 3.10. The lowest BCUT2D eigenvalue weighted by atomic mass is 9.34. The molecule has 0 heterocycles. The largest absolute Gasteiger partial charge is 0.459 e. The van der Waals surface area contributed by atoms with Crippen LogP contribution in [0.15, 0.2) is 23.3 Å². The molecule has 8 heteroatoms. The van der Waals surface area contributed by atoms with E-state index in [2.05, 4.69) is 14.8 Å². The van der Waals surface area contributed by atoms with Gasteiger partial charge in [0.25, 0.3) is 0 Å². The summed E-state index contributed by atoms with van der Waals surface area (Å²) in [6.45, 7) is 9.63. The first-order valence-corrected chi connectivity index (χ1v) is 14.9. The van der Waals surface area contributed by atoms with Crippen LogP contribution in [0, 0.1) is 23.2 Å². The molecular formula is C30H50B2O6. The van der Waals surface area contributed by atoms with Gasteiger partial charge < -0.3 is 20.1 Å². The van der Waals surface area contributed by atoms with Crippen molar-refractivity contribution in [2.45, 2.75) is 121 Å². The van der Waals surface area contributed by atoms with E-state index in [1.165, 1.54) is 25.7 Å². The standard InChI is InChI=1S/C30H50B2O6/c1-6-7-8-9-10-11-12-13-23(34)38-26-20(3)24-22-14-19(2)25(35)28(22,36)15-21(17-33)16-29(24,32)27(4,5)30(26,37)18-31/h14,16,20,22,24,26,33,36-37H,6-13,15,17-18,31-32H2,1-5H3/t20-,22?,24?,26?,28?,29?,30+/m0/s1. The van der Waals surface area contributed by atoms with E-state index in [0.29, 0.717) is 23.9 Å². The maximum absolute atomic E-state index is 13.2. The molecule has 212 valence electrons. The van der Waals surface area contributed by atoms with Crippen LogP contribution >= 0.6 is 0 Å². The molecule has 3 aliphatic rings. The minimum atomic E-state index is -1.65. The SMILES string of the molecule is BC[C@@]1(O)C(OC(=O)CCCCCCCCC)[C@@H](C)C2C3C=C(C)C(=O)C3(O)CC(CO)=CC2(B)C1(C)C. The van der Waals surface area contributed by atoms with Crippen LogP contribution in [-0.2, 0) is 14.3 Å². The van der Waals surface area contributed by atoms with E-state index in [-0.39, 0.29) is 36.6 Å².